The largest absolute Gasteiger partial charge is 0.432 e. The number of amides is 1. The van der Waals surface area contributed by atoms with Crippen LogP contribution in [0.2, 0.25) is 0 Å². The van der Waals surface area contributed by atoms with Crippen molar-refractivity contribution in [3.05, 3.63) is 47.3 Å². The fraction of sp³-hybridized carbons (Fsp3) is 0.444. The molecule has 6 nitrogen and oxygen atoms in total. The number of benzene rings is 1. The summed E-state index contributed by atoms with van der Waals surface area (Å²) in [6.45, 7) is 2.38. The summed E-state index contributed by atoms with van der Waals surface area (Å²) < 4.78 is 101. The van der Waals surface area contributed by atoms with Crippen molar-refractivity contribution in [2.75, 3.05) is 13.6 Å². The number of hydrogen-bond acceptors (Lipinski definition) is 4. The lowest BCUT2D eigenvalue weighted by molar-refractivity contribution is -0.141. The quantitative estimate of drug-likeness (QED) is 0.642. The molecule has 13 heteroatoms. The van der Waals surface area contributed by atoms with Crippen LogP contribution in [0.15, 0.2) is 35.2 Å². The molecule has 0 saturated carbocycles. The zero-order valence-electron chi connectivity index (χ0n) is 16.6. The number of aromatic nitrogens is 2. The molecule has 0 fully saturated rings. The molecule has 172 valence electrons. The number of alkyl halides is 6. The Labute approximate surface area is 174 Å². The van der Waals surface area contributed by atoms with E-state index < -0.39 is 54.7 Å². The van der Waals surface area contributed by atoms with Crippen LogP contribution in [0.4, 0.5) is 26.3 Å². The van der Waals surface area contributed by atoms with Crippen LogP contribution in [0.5, 0.6) is 0 Å². The summed E-state index contributed by atoms with van der Waals surface area (Å²) in [5.74, 6) is -0.876. The van der Waals surface area contributed by atoms with Gasteiger partial charge in [-0.25, -0.2) is 8.42 Å². The average Bonchev–Trinajstić information content (AvgIpc) is 3.15. The van der Waals surface area contributed by atoms with Crippen LogP contribution >= 0.6 is 0 Å². The predicted octanol–water partition coefficient (Wildman–Crippen LogP) is 4.16. The minimum atomic E-state index is -4.72. The topological polar surface area (TPSA) is 83.1 Å². The standard InChI is InChI=1S/C18H19F6N3O3S/c1-16(2,31(29,30)12-6-4-5-11(9-12)17(19,20)21)7-8-27(3)15(28)13-10-14(26-25-13)18(22,23)24/h4-6,9-10H,7-8H2,1-3H3,(H,25,26). The van der Waals surface area contributed by atoms with E-state index in [1.807, 2.05) is 0 Å². The molecule has 0 aliphatic rings. The van der Waals surface area contributed by atoms with Crippen LogP contribution in [0.3, 0.4) is 0 Å². The van der Waals surface area contributed by atoms with E-state index in [0.717, 1.165) is 23.1 Å². The molecule has 0 radical (unpaired) electrons. The molecule has 31 heavy (non-hydrogen) atoms. The molecule has 1 aromatic heterocycles. The second-order valence-corrected chi connectivity index (χ2v) is 10.0. The molecule has 1 heterocycles. The first-order chi connectivity index (χ1) is 14.0. The minimum Gasteiger partial charge on any atom is -0.340 e. The number of H-pyrrole nitrogens is 1. The SMILES string of the molecule is CN(CCC(C)(C)S(=O)(=O)c1cccc(C(F)(F)F)c1)C(=O)c1cc(C(F)(F)F)[nH]n1. The fourth-order valence-electron chi connectivity index (χ4n) is 2.60. The lowest BCUT2D eigenvalue weighted by atomic mass is 10.1. The Morgan fingerprint density at radius 2 is 1.68 bits per heavy atom. The molecule has 1 aromatic carbocycles. The van der Waals surface area contributed by atoms with E-state index in [2.05, 4.69) is 5.10 Å². The average molecular weight is 471 g/mol. The number of halogens is 6. The highest BCUT2D eigenvalue weighted by molar-refractivity contribution is 7.92. The van der Waals surface area contributed by atoms with Crippen LogP contribution < -0.4 is 0 Å². The summed E-state index contributed by atoms with van der Waals surface area (Å²) in [5, 5.41) is 5.02. The van der Waals surface area contributed by atoms with Crippen molar-refractivity contribution in [1.82, 2.24) is 15.1 Å². The van der Waals surface area contributed by atoms with Gasteiger partial charge >= 0.3 is 12.4 Å². The van der Waals surface area contributed by atoms with Gasteiger partial charge < -0.3 is 4.90 Å². The lowest BCUT2D eigenvalue weighted by Gasteiger charge is -2.27. The van der Waals surface area contributed by atoms with Gasteiger partial charge in [-0.2, -0.15) is 31.4 Å². The number of carbonyl (C=O) groups excluding carboxylic acids is 1. The maximum atomic E-state index is 12.9. The Hall–Kier alpha value is -2.57. The molecule has 2 aromatic rings. The number of nitrogens with one attached hydrogen (secondary N) is 1. The molecule has 0 saturated heterocycles. The number of carbonyl (C=O) groups is 1. The van der Waals surface area contributed by atoms with E-state index in [4.69, 9.17) is 0 Å². The second kappa shape index (κ2) is 8.17. The van der Waals surface area contributed by atoms with Crippen molar-refractivity contribution in [2.24, 2.45) is 0 Å². The van der Waals surface area contributed by atoms with Gasteiger partial charge in [0.1, 0.15) is 5.69 Å². The Bertz CT molecular complexity index is 1060. The van der Waals surface area contributed by atoms with Gasteiger partial charge in [0.25, 0.3) is 5.91 Å². The third-order valence-corrected chi connectivity index (χ3v) is 7.23. The number of nitrogens with zero attached hydrogens (tertiary/aromatic N) is 2. The smallest absolute Gasteiger partial charge is 0.340 e. The van der Waals surface area contributed by atoms with Gasteiger partial charge in [0, 0.05) is 19.7 Å². The van der Waals surface area contributed by atoms with E-state index in [1.54, 1.807) is 5.10 Å². The number of sulfone groups is 1. The van der Waals surface area contributed by atoms with Gasteiger partial charge in [-0.15, -0.1) is 0 Å². The molecule has 0 unspecified atom stereocenters. The van der Waals surface area contributed by atoms with Crippen molar-refractivity contribution in [1.29, 1.82) is 0 Å². The Morgan fingerprint density at radius 1 is 1.06 bits per heavy atom. The molecule has 0 aliphatic carbocycles. The minimum absolute atomic E-state index is 0.190. The summed E-state index contributed by atoms with van der Waals surface area (Å²) in [6, 6.07) is 3.84. The van der Waals surface area contributed by atoms with Gasteiger partial charge in [0.05, 0.1) is 15.2 Å². The first-order valence-electron chi connectivity index (χ1n) is 8.77. The van der Waals surface area contributed by atoms with Crippen molar-refractivity contribution in [2.45, 2.75) is 42.3 Å². The van der Waals surface area contributed by atoms with Crippen molar-refractivity contribution in [3.63, 3.8) is 0 Å². The molecule has 1 N–H and O–H groups in total. The Kier molecular flexibility index (Phi) is 6.51. The van der Waals surface area contributed by atoms with E-state index in [1.165, 1.54) is 20.9 Å². The van der Waals surface area contributed by atoms with Gasteiger partial charge in [-0.1, -0.05) is 6.07 Å². The molecule has 2 rings (SSSR count). The predicted molar refractivity (Wildman–Crippen MR) is 97.9 cm³/mol. The monoisotopic (exact) mass is 471 g/mol. The zero-order chi connectivity index (χ0) is 23.8. The van der Waals surface area contributed by atoms with Gasteiger partial charge in [0.15, 0.2) is 15.5 Å². The Morgan fingerprint density at radius 3 is 2.19 bits per heavy atom. The third-order valence-electron chi connectivity index (χ3n) is 4.70. The normalized spacial score (nSPS) is 13.3. The number of hydrogen-bond donors (Lipinski definition) is 1. The summed E-state index contributed by atoms with van der Waals surface area (Å²) in [7, 11) is -2.98. The molecule has 0 atom stereocenters. The fourth-order valence-corrected chi connectivity index (χ4v) is 4.14. The first kappa shape index (κ1) is 24.7. The summed E-state index contributed by atoms with van der Waals surface area (Å²) in [4.78, 5) is 12.7. The highest BCUT2D eigenvalue weighted by atomic mass is 32.2. The van der Waals surface area contributed by atoms with E-state index in [9.17, 15) is 39.6 Å². The maximum absolute atomic E-state index is 12.9. The third kappa shape index (κ3) is 5.38. The van der Waals surface area contributed by atoms with E-state index >= 15 is 0 Å². The highest BCUT2D eigenvalue weighted by Crippen LogP contribution is 2.34. The van der Waals surface area contributed by atoms with Crippen LogP contribution in [0.1, 0.15) is 42.0 Å². The lowest BCUT2D eigenvalue weighted by Crippen LogP contribution is -2.38. The number of rotatable bonds is 6. The summed E-state index contributed by atoms with van der Waals surface area (Å²) in [6.07, 6.45) is -9.63. The molecule has 0 aliphatic heterocycles. The van der Waals surface area contributed by atoms with Crippen LogP contribution in [-0.4, -0.2) is 47.8 Å². The van der Waals surface area contributed by atoms with E-state index in [-0.39, 0.29) is 13.0 Å². The summed E-state index contributed by atoms with van der Waals surface area (Å²) in [5.41, 5.74) is -2.83. The van der Waals surface area contributed by atoms with Crippen molar-refractivity contribution < 1.29 is 39.6 Å². The molecule has 1 amide bonds. The van der Waals surface area contributed by atoms with Gasteiger partial charge in [0.2, 0.25) is 0 Å². The Balaban J connectivity index is 2.16. The number of aromatic amines is 1. The molecule has 0 spiro atoms. The molecular weight excluding hydrogens is 452 g/mol. The van der Waals surface area contributed by atoms with E-state index in [0.29, 0.717) is 12.1 Å². The first-order valence-corrected chi connectivity index (χ1v) is 10.2. The zero-order valence-corrected chi connectivity index (χ0v) is 17.4. The van der Waals surface area contributed by atoms with Crippen molar-refractivity contribution in [3.8, 4) is 0 Å². The molecule has 0 bridgehead atoms. The van der Waals surface area contributed by atoms with Crippen molar-refractivity contribution >= 4 is 15.7 Å². The van der Waals surface area contributed by atoms with Crippen LogP contribution in [-0.2, 0) is 22.2 Å². The maximum Gasteiger partial charge on any atom is 0.432 e. The van der Waals surface area contributed by atoms with Gasteiger partial charge in [-0.05, 0) is 38.5 Å². The van der Waals surface area contributed by atoms with Crippen LogP contribution in [0, 0.1) is 0 Å². The highest BCUT2D eigenvalue weighted by Gasteiger charge is 2.39. The molecular formula is C18H19F6N3O3S. The van der Waals surface area contributed by atoms with Gasteiger partial charge in [-0.3, -0.25) is 9.89 Å². The van der Waals surface area contributed by atoms with Crippen LogP contribution in [0.25, 0.3) is 0 Å². The second-order valence-electron chi connectivity index (χ2n) is 7.43. The summed E-state index contributed by atoms with van der Waals surface area (Å²) >= 11 is 0.